The maximum Gasteiger partial charge on any atom is 0.0995 e. The van der Waals surface area contributed by atoms with Crippen LogP contribution >= 0.6 is 0 Å². The van der Waals surface area contributed by atoms with E-state index >= 15 is 0 Å². The lowest BCUT2D eigenvalue weighted by molar-refractivity contribution is 1.01. The highest BCUT2D eigenvalue weighted by atomic mass is 14.3. The van der Waals surface area contributed by atoms with Crippen LogP contribution in [-0.4, -0.2) is 0 Å². The van der Waals surface area contributed by atoms with E-state index in [9.17, 15) is 5.26 Å². The van der Waals surface area contributed by atoms with E-state index < -0.39 is 0 Å². The topological polar surface area (TPSA) is 23.8 Å². The van der Waals surface area contributed by atoms with Crippen LogP contribution in [0.2, 0.25) is 0 Å². The lowest BCUT2D eigenvalue weighted by atomic mass is 9.89. The highest BCUT2D eigenvalue weighted by molar-refractivity contribution is 5.85. The second kappa shape index (κ2) is 4.40. The number of benzene rings is 2. The van der Waals surface area contributed by atoms with E-state index in [2.05, 4.69) is 50.3 Å². The van der Waals surface area contributed by atoms with Crippen LogP contribution in [0.15, 0.2) is 59.7 Å². The number of nitriles is 1. The minimum absolute atomic E-state index is 0.249. The van der Waals surface area contributed by atoms with Crippen LogP contribution in [0, 0.1) is 11.3 Å². The summed E-state index contributed by atoms with van der Waals surface area (Å²) in [5.74, 6) is 0.249. The van der Waals surface area contributed by atoms with Gasteiger partial charge in [0.1, 0.15) is 0 Å². The minimum Gasteiger partial charge on any atom is -0.192 e. The van der Waals surface area contributed by atoms with Gasteiger partial charge in [-0.15, -0.1) is 0 Å². The number of nitrogens with zero attached hydrogens (tertiary/aromatic N) is 1. The molecular weight excluding hydrogens is 230 g/mol. The van der Waals surface area contributed by atoms with Crippen LogP contribution in [0.1, 0.15) is 30.9 Å². The molecule has 1 aliphatic carbocycles. The van der Waals surface area contributed by atoms with Gasteiger partial charge in [-0.3, -0.25) is 0 Å². The molecule has 0 spiro atoms. The first-order chi connectivity index (χ1) is 9.19. The minimum atomic E-state index is 0.249. The molecule has 1 aliphatic rings. The molecule has 1 atom stereocenters. The molecule has 0 aliphatic heterocycles. The van der Waals surface area contributed by atoms with Gasteiger partial charge in [-0.25, -0.2) is 0 Å². The molecule has 1 heteroatoms. The van der Waals surface area contributed by atoms with Gasteiger partial charge in [-0.1, -0.05) is 47.6 Å². The molecular formula is C18H15N. The molecule has 1 unspecified atom stereocenters. The molecule has 0 bridgehead atoms. The Labute approximate surface area is 113 Å². The van der Waals surface area contributed by atoms with Gasteiger partial charge in [0.2, 0.25) is 0 Å². The summed E-state index contributed by atoms with van der Waals surface area (Å²) in [5.41, 5.74) is 4.48. The largest absolute Gasteiger partial charge is 0.192 e. The van der Waals surface area contributed by atoms with Crippen LogP contribution in [0.5, 0.6) is 0 Å². The summed E-state index contributed by atoms with van der Waals surface area (Å²) in [6, 6.07) is 14.7. The highest BCUT2D eigenvalue weighted by Gasteiger charge is 2.19. The number of hydrogen-bond donors (Lipinski definition) is 0. The third kappa shape index (κ3) is 1.96. The Morgan fingerprint density at radius 1 is 1.05 bits per heavy atom. The molecule has 3 rings (SSSR count). The molecule has 0 heterocycles. The molecule has 0 amide bonds. The van der Waals surface area contributed by atoms with Crippen molar-refractivity contribution in [3.05, 3.63) is 70.8 Å². The van der Waals surface area contributed by atoms with Gasteiger partial charge < -0.3 is 0 Å². The van der Waals surface area contributed by atoms with Gasteiger partial charge in [0, 0.05) is 5.92 Å². The maximum atomic E-state index is 9.40. The van der Waals surface area contributed by atoms with Gasteiger partial charge in [-0.2, -0.15) is 5.26 Å². The first-order valence-corrected chi connectivity index (χ1v) is 6.48. The van der Waals surface area contributed by atoms with Crippen molar-refractivity contribution >= 4 is 10.8 Å². The number of hydrogen-bond acceptors (Lipinski definition) is 1. The Hall–Kier alpha value is -2.33. The summed E-state index contributed by atoms with van der Waals surface area (Å²) < 4.78 is 0. The smallest absolute Gasteiger partial charge is 0.0995 e. The SMILES string of the molecule is CC1=CC(c2cc3ccccc3cc2C#N)C(C)=C1. The van der Waals surface area contributed by atoms with Crippen molar-refractivity contribution in [2.24, 2.45) is 0 Å². The van der Waals surface area contributed by atoms with Crippen LogP contribution in [0.4, 0.5) is 0 Å². The van der Waals surface area contributed by atoms with E-state index in [0.29, 0.717) is 0 Å². The van der Waals surface area contributed by atoms with E-state index in [4.69, 9.17) is 0 Å². The van der Waals surface area contributed by atoms with Gasteiger partial charge in [-0.05, 0) is 42.3 Å². The number of rotatable bonds is 1. The zero-order chi connectivity index (χ0) is 13.4. The van der Waals surface area contributed by atoms with E-state index in [1.54, 1.807) is 0 Å². The average molecular weight is 245 g/mol. The van der Waals surface area contributed by atoms with Crippen molar-refractivity contribution in [3.8, 4) is 6.07 Å². The second-order valence-electron chi connectivity index (χ2n) is 5.18. The third-order valence-corrected chi connectivity index (χ3v) is 3.75. The Morgan fingerprint density at radius 3 is 2.32 bits per heavy atom. The zero-order valence-electron chi connectivity index (χ0n) is 11.1. The van der Waals surface area contributed by atoms with Crippen LogP contribution in [0.25, 0.3) is 10.8 Å². The van der Waals surface area contributed by atoms with E-state index in [-0.39, 0.29) is 5.92 Å². The van der Waals surface area contributed by atoms with Crippen molar-refractivity contribution in [1.82, 2.24) is 0 Å². The Kier molecular flexibility index (Phi) is 2.72. The van der Waals surface area contributed by atoms with Crippen molar-refractivity contribution in [2.45, 2.75) is 19.8 Å². The Bertz CT molecular complexity index is 757. The molecule has 19 heavy (non-hydrogen) atoms. The molecule has 0 radical (unpaired) electrons. The maximum absolute atomic E-state index is 9.40. The lowest BCUT2D eigenvalue weighted by Gasteiger charge is -2.14. The highest BCUT2D eigenvalue weighted by Crippen LogP contribution is 2.36. The summed E-state index contributed by atoms with van der Waals surface area (Å²) >= 11 is 0. The quantitative estimate of drug-likeness (QED) is 0.714. The summed E-state index contributed by atoms with van der Waals surface area (Å²) in [5, 5.41) is 11.7. The van der Waals surface area contributed by atoms with Crippen molar-refractivity contribution in [3.63, 3.8) is 0 Å². The number of allylic oxidation sites excluding steroid dienone is 4. The summed E-state index contributed by atoms with van der Waals surface area (Å²) in [6.45, 7) is 4.24. The van der Waals surface area contributed by atoms with E-state index in [1.807, 2.05) is 18.2 Å². The van der Waals surface area contributed by atoms with Crippen LogP contribution in [-0.2, 0) is 0 Å². The predicted octanol–water partition coefficient (Wildman–Crippen LogP) is 4.70. The van der Waals surface area contributed by atoms with Crippen molar-refractivity contribution < 1.29 is 0 Å². The first-order valence-electron chi connectivity index (χ1n) is 6.48. The summed E-state index contributed by atoms with van der Waals surface area (Å²) in [7, 11) is 0. The Balaban J connectivity index is 2.24. The molecule has 0 aromatic heterocycles. The molecule has 0 N–H and O–H groups in total. The van der Waals surface area contributed by atoms with E-state index in [1.165, 1.54) is 16.5 Å². The van der Waals surface area contributed by atoms with Crippen LogP contribution < -0.4 is 0 Å². The molecule has 0 saturated heterocycles. The number of fused-ring (bicyclic) bond motifs is 1. The van der Waals surface area contributed by atoms with Crippen molar-refractivity contribution in [2.75, 3.05) is 0 Å². The summed E-state index contributed by atoms with van der Waals surface area (Å²) in [4.78, 5) is 0. The molecule has 1 nitrogen and oxygen atoms in total. The molecule has 2 aromatic carbocycles. The van der Waals surface area contributed by atoms with Crippen LogP contribution in [0.3, 0.4) is 0 Å². The third-order valence-electron chi connectivity index (χ3n) is 3.75. The standard InChI is InChI=1S/C18H15N/c1-12-7-13(2)17(8-12)18-10-15-6-4-3-5-14(15)9-16(18)11-19/h3-10,17H,1-2H3. The fourth-order valence-corrected chi connectivity index (χ4v) is 2.84. The van der Waals surface area contributed by atoms with Gasteiger partial charge in [0.25, 0.3) is 0 Å². The van der Waals surface area contributed by atoms with Gasteiger partial charge >= 0.3 is 0 Å². The molecule has 0 fully saturated rings. The van der Waals surface area contributed by atoms with E-state index in [0.717, 1.165) is 16.5 Å². The van der Waals surface area contributed by atoms with Crippen molar-refractivity contribution in [1.29, 1.82) is 5.26 Å². The zero-order valence-corrected chi connectivity index (χ0v) is 11.1. The lowest BCUT2D eigenvalue weighted by Crippen LogP contribution is -1.98. The fourth-order valence-electron chi connectivity index (χ4n) is 2.84. The summed E-state index contributed by atoms with van der Waals surface area (Å²) in [6.07, 6.45) is 4.43. The average Bonchev–Trinajstić information content (AvgIpc) is 2.76. The predicted molar refractivity (Wildman–Crippen MR) is 78.9 cm³/mol. The molecule has 2 aromatic rings. The fraction of sp³-hybridized carbons (Fsp3) is 0.167. The second-order valence-corrected chi connectivity index (χ2v) is 5.18. The molecule has 92 valence electrons. The molecule has 0 saturated carbocycles. The monoisotopic (exact) mass is 245 g/mol. The first kappa shape index (κ1) is 11.7. The van der Waals surface area contributed by atoms with Gasteiger partial charge in [0.15, 0.2) is 0 Å². The Morgan fingerprint density at radius 2 is 1.74 bits per heavy atom. The normalized spacial score (nSPS) is 18.1. The van der Waals surface area contributed by atoms with Gasteiger partial charge in [0.05, 0.1) is 11.6 Å².